The summed E-state index contributed by atoms with van der Waals surface area (Å²) in [7, 11) is 2.97. The number of hydrogen-bond donors (Lipinski definition) is 1. The molecule has 0 aromatic heterocycles. The van der Waals surface area contributed by atoms with Crippen molar-refractivity contribution in [3.63, 3.8) is 0 Å². The quantitative estimate of drug-likeness (QED) is 0.729. The van der Waals surface area contributed by atoms with Crippen molar-refractivity contribution in [3.05, 3.63) is 0 Å². The Morgan fingerprint density at radius 2 is 2.26 bits per heavy atom. The van der Waals surface area contributed by atoms with Crippen LogP contribution >= 0.6 is 0 Å². The number of hydrogen-bond acceptors (Lipinski definition) is 6. The molecule has 0 unspecified atom stereocenters. The van der Waals surface area contributed by atoms with E-state index in [1.165, 1.54) is 7.11 Å². The number of carbonyl (C=O) groups is 1. The summed E-state index contributed by atoms with van der Waals surface area (Å²) in [6.07, 6.45) is 2.27. The van der Waals surface area contributed by atoms with Crippen LogP contribution in [-0.4, -0.2) is 61.8 Å². The van der Waals surface area contributed by atoms with E-state index in [0.717, 1.165) is 25.8 Å². The zero-order chi connectivity index (χ0) is 13.8. The number of hydroxylamine groups is 2. The Kier molecular flexibility index (Phi) is 5.15. The minimum Gasteiger partial charge on any atom is -0.469 e. The highest BCUT2D eigenvalue weighted by Crippen LogP contribution is 2.36. The monoisotopic (exact) mass is 273 g/mol. The zero-order valence-electron chi connectivity index (χ0n) is 11.6. The van der Waals surface area contributed by atoms with Crippen LogP contribution in [0.2, 0.25) is 0 Å². The van der Waals surface area contributed by atoms with Gasteiger partial charge in [0.1, 0.15) is 12.0 Å². The van der Waals surface area contributed by atoms with Crippen LogP contribution in [0.15, 0.2) is 0 Å². The molecule has 0 saturated carbocycles. The van der Waals surface area contributed by atoms with Crippen molar-refractivity contribution in [3.8, 4) is 0 Å². The highest BCUT2D eigenvalue weighted by Gasteiger charge is 2.51. The van der Waals surface area contributed by atoms with E-state index in [4.69, 9.17) is 14.3 Å². The van der Waals surface area contributed by atoms with Crippen molar-refractivity contribution in [2.24, 2.45) is 5.92 Å². The minimum atomic E-state index is -0.713. The summed E-state index contributed by atoms with van der Waals surface area (Å²) in [4.78, 5) is 17.8. The number of nitrogens with zero attached hydrogens (tertiary/aromatic N) is 1. The Labute approximate surface area is 113 Å². The van der Waals surface area contributed by atoms with Crippen LogP contribution in [0.3, 0.4) is 0 Å². The Balaban J connectivity index is 2.09. The molecule has 0 aromatic rings. The third-order valence-corrected chi connectivity index (χ3v) is 3.99. The van der Waals surface area contributed by atoms with Crippen molar-refractivity contribution in [1.82, 2.24) is 5.06 Å². The first-order chi connectivity index (χ1) is 9.19. The molecule has 110 valence electrons. The van der Waals surface area contributed by atoms with Crippen molar-refractivity contribution >= 4 is 5.97 Å². The number of rotatable bonds is 5. The van der Waals surface area contributed by atoms with Crippen LogP contribution in [0.1, 0.15) is 25.7 Å². The number of piperidine rings is 1. The molecule has 0 radical (unpaired) electrons. The summed E-state index contributed by atoms with van der Waals surface area (Å²) in [6.45, 7) is 1.26. The second-order valence-corrected chi connectivity index (χ2v) is 5.17. The van der Waals surface area contributed by atoms with Gasteiger partial charge in [-0.05, 0) is 19.3 Å². The third kappa shape index (κ3) is 3.08. The van der Waals surface area contributed by atoms with Gasteiger partial charge >= 0.3 is 5.97 Å². The first-order valence-electron chi connectivity index (χ1n) is 6.87. The van der Waals surface area contributed by atoms with E-state index >= 15 is 0 Å². The fourth-order valence-corrected chi connectivity index (χ4v) is 3.00. The van der Waals surface area contributed by atoms with Crippen molar-refractivity contribution in [2.75, 3.05) is 27.4 Å². The predicted molar refractivity (Wildman–Crippen MR) is 67.2 cm³/mol. The van der Waals surface area contributed by atoms with Crippen molar-refractivity contribution in [1.29, 1.82) is 0 Å². The first-order valence-corrected chi connectivity index (χ1v) is 6.87. The topological polar surface area (TPSA) is 68.2 Å². The molecule has 19 heavy (non-hydrogen) atoms. The second-order valence-electron chi connectivity index (χ2n) is 5.17. The molecule has 2 heterocycles. The highest BCUT2D eigenvalue weighted by molar-refractivity contribution is 5.74. The van der Waals surface area contributed by atoms with Crippen LogP contribution in [0.25, 0.3) is 0 Å². The van der Waals surface area contributed by atoms with Crippen LogP contribution in [-0.2, 0) is 19.1 Å². The predicted octanol–water partition coefficient (Wildman–Crippen LogP) is 0.341. The molecule has 2 saturated heterocycles. The van der Waals surface area contributed by atoms with Gasteiger partial charge in [0.2, 0.25) is 0 Å². The van der Waals surface area contributed by atoms with Gasteiger partial charge in [-0.15, -0.1) is 0 Å². The van der Waals surface area contributed by atoms with Crippen LogP contribution in [0.5, 0.6) is 0 Å². The first kappa shape index (κ1) is 14.7. The van der Waals surface area contributed by atoms with E-state index in [9.17, 15) is 9.90 Å². The molecule has 6 nitrogen and oxygen atoms in total. The Morgan fingerprint density at radius 1 is 1.47 bits per heavy atom. The molecule has 2 rings (SSSR count). The van der Waals surface area contributed by atoms with E-state index < -0.39 is 18.1 Å². The highest BCUT2D eigenvalue weighted by atomic mass is 16.7. The molecule has 0 amide bonds. The number of carbonyl (C=O) groups excluding carboxylic acids is 1. The van der Waals surface area contributed by atoms with Gasteiger partial charge in [-0.1, -0.05) is 6.42 Å². The summed E-state index contributed by atoms with van der Waals surface area (Å²) >= 11 is 0. The standard InChI is InChI=1S/C13H23NO5/c1-17-8-6-10(15)12-11(13(16)18-2)9-5-3-4-7-14(9)19-12/h9-12,15H,3-8H2,1-2H3/t9-,10-,11-,12+/m0/s1. The summed E-state index contributed by atoms with van der Waals surface area (Å²) in [5.41, 5.74) is 0. The Morgan fingerprint density at radius 3 is 2.95 bits per heavy atom. The van der Waals surface area contributed by atoms with E-state index in [2.05, 4.69) is 0 Å². The lowest BCUT2D eigenvalue weighted by molar-refractivity contribution is -0.195. The summed E-state index contributed by atoms with van der Waals surface area (Å²) < 4.78 is 9.85. The molecule has 1 N–H and O–H groups in total. The Hall–Kier alpha value is -0.690. The third-order valence-electron chi connectivity index (χ3n) is 3.99. The van der Waals surface area contributed by atoms with Gasteiger partial charge in [0.25, 0.3) is 0 Å². The lowest BCUT2D eigenvalue weighted by Crippen LogP contribution is -2.42. The van der Waals surface area contributed by atoms with Crippen molar-refractivity contribution in [2.45, 2.75) is 43.9 Å². The van der Waals surface area contributed by atoms with Gasteiger partial charge in [-0.2, -0.15) is 5.06 Å². The summed E-state index contributed by atoms with van der Waals surface area (Å²) in [5, 5.41) is 12.1. The largest absolute Gasteiger partial charge is 0.469 e. The number of fused-ring (bicyclic) bond motifs is 1. The molecule has 2 aliphatic heterocycles. The lowest BCUT2D eigenvalue weighted by atomic mass is 9.86. The number of methoxy groups -OCH3 is 2. The summed E-state index contributed by atoms with van der Waals surface area (Å²) in [5.74, 6) is -0.701. The van der Waals surface area contributed by atoms with Crippen molar-refractivity contribution < 1.29 is 24.2 Å². The van der Waals surface area contributed by atoms with Gasteiger partial charge in [0.15, 0.2) is 0 Å². The molecule has 4 atom stereocenters. The van der Waals surface area contributed by atoms with E-state index in [1.54, 1.807) is 7.11 Å². The average Bonchev–Trinajstić information content (AvgIpc) is 2.83. The number of ether oxygens (including phenoxy) is 2. The SMILES string of the molecule is COCC[C@H](O)[C@H]1ON2CCCC[C@H]2[C@@H]1C(=O)OC. The molecule has 2 aliphatic rings. The molecule has 0 aromatic carbocycles. The van der Waals surface area contributed by atoms with E-state index in [1.807, 2.05) is 5.06 Å². The summed E-state index contributed by atoms with van der Waals surface area (Å²) in [6, 6.07) is 0.0309. The lowest BCUT2D eigenvalue weighted by Gasteiger charge is -2.28. The number of aliphatic hydroxyl groups excluding tert-OH is 1. The van der Waals surface area contributed by atoms with Gasteiger partial charge in [0, 0.05) is 20.3 Å². The van der Waals surface area contributed by atoms with Gasteiger partial charge < -0.3 is 14.6 Å². The van der Waals surface area contributed by atoms with E-state index in [-0.39, 0.29) is 12.0 Å². The molecule has 0 bridgehead atoms. The fourth-order valence-electron chi connectivity index (χ4n) is 3.00. The average molecular weight is 273 g/mol. The van der Waals surface area contributed by atoms with Crippen LogP contribution in [0.4, 0.5) is 0 Å². The molecule has 0 spiro atoms. The van der Waals surface area contributed by atoms with Crippen LogP contribution in [0, 0.1) is 5.92 Å². The molecule has 2 fully saturated rings. The molecular formula is C13H23NO5. The smallest absolute Gasteiger partial charge is 0.313 e. The normalized spacial score (nSPS) is 32.9. The maximum absolute atomic E-state index is 12.0. The van der Waals surface area contributed by atoms with Gasteiger partial charge in [-0.3, -0.25) is 9.63 Å². The van der Waals surface area contributed by atoms with Gasteiger partial charge in [-0.25, -0.2) is 0 Å². The zero-order valence-corrected chi connectivity index (χ0v) is 11.6. The fraction of sp³-hybridized carbons (Fsp3) is 0.923. The molecule has 0 aliphatic carbocycles. The maximum atomic E-state index is 12.0. The van der Waals surface area contributed by atoms with E-state index in [0.29, 0.717) is 13.0 Å². The maximum Gasteiger partial charge on any atom is 0.313 e. The molecular weight excluding hydrogens is 250 g/mol. The van der Waals surface area contributed by atoms with Crippen LogP contribution < -0.4 is 0 Å². The number of aliphatic hydroxyl groups is 1. The second kappa shape index (κ2) is 6.65. The minimum absolute atomic E-state index is 0.0309. The van der Waals surface area contributed by atoms with Gasteiger partial charge in [0.05, 0.1) is 19.3 Å². The Bertz CT molecular complexity index is 311. The number of esters is 1. The molecule has 6 heteroatoms.